The first-order valence-corrected chi connectivity index (χ1v) is 6.20. The molecule has 0 aromatic carbocycles. The largest absolute Gasteiger partial charge is 0.490 e. The number of nitrogens with two attached hydrogens (primary N) is 1. The van der Waals surface area contributed by atoms with Gasteiger partial charge in [-0.2, -0.15) is 0 Å². The van der Waals surface area contributed by atoms with Gasteiger partial charge in [-0.05, 0) is 37.3 Å². The molecule has 2 aliphatic carbocycles. The lowest BCUT2D eigenvalue weighted by Gasteiger charge is -2.33. The van der Waals surface area contributed by atoms with E-state index in [1.807, 2.05) is 0 Å². The molecule has 2 aliphatic rings. The number of allylic oxidation sites excluding steroid dienone is 5. The van der Waals surface area contributed by atoms with Crippen molar-refractivity contribution in [3.63, 3.8) is 0 Å². The van der Waals surface area contributed by atoms with Gasteiger partial charge >= 0.3 is 0 Å². The van der Waals surface area contributed by atoms with E-state index in [-0.39, 0.29) is 0 Å². The fourth-order valence-corrected chi connectivity index (χ4v) is 2.20. The van der Waals surface area contributed by atoms with Crippen molar-refractivity contribution in [1.29, 1.82) is 0 Å². The molecule has 2 rings (SSSR count). The molecule has 0 radical (unpaired) electrons. The van der Waals surface area contributed by atoms with Crippen molar-refractivity contribution in [2.24, 2.45) is 11.7 Å². The van der Waals surface area contributed by atoms with E-state index in [2.05, 4.69) is 38.2 Å². The van der Waals surface area contributed by atoms with Crippen molar-refractivity contribution in [2.75, 3.05) is 0 Å². The van der Waals surface area contributed by atoms with E-state index in [0.717, 1.165) is 25.0 Å². The van der Waals surface area contributed by atoms with Gasteiger partial charge in [0.15, 0.2) is 0 Å². The Morgan fingerprint density at radius 3 is 2.81 bits per heavy atom. The zero-order valence-electron chi connectivity index (χ0n) is 10.1. The summed E-state index contributed by atoms with van der Waals surface area (Å²) in [5, 5.41) is 0. The molecule has 0 heterocycles. The van der Waals surface area contributed by atoms with Gasteiger partial charge in [0.05, 0.1) is 0 Å². The molecule has 1 atom stereocenters. The van der Waals surface area contributed by atoms with Crippen molar-refractivity contribution in [1.82, 2.24) is 0 Å². The number of hydrogen-bond acceptors (Lipinski definition) is 2. The molecule has 2 nitrogen and oxygen atoms in total. The van der Waals surface area contributed by atoms with E-state index >= 15 is 0 Å². The van der Waals surface area contributed by atoms with Gasteiger partial charge in [-0.1, -0.05) is 31.6 Å². The summed E-state index contributed by atoms with van der Waals surface area (Å²) in [4.78, 5) is 0. The van der Waals surface area contributed by atoms with Crippen LogP contribution in [0.1, 0.15) is 33.1 Å². The summed E-state index contributed by atoms with van der Waals surface area (Å²) in [6.07, 6.45) is 12.0. The second-order valence-electron chi connectivity index (χ2n) is 4.79. The summed E-state index contributed by atoms with van der Waals surface area (Å²) in [5.41, 5.74) is 7.19. The van der Waals surface area contributed by atoms with Crippen LogP contribution in [-0.2, 0) is 4.74 Å². The quantitative estimate of drug-likeness (QED) is 0.792. The minimum atomic E-state index is 0.331. The summed E-state index contributed by atoms with van der Waals surface area (Å²) in [6, 6.07) is 0.348. The van der Waals surface area contributed by atoms with Crippen LogP contribution in [0.15, 0.2) is 35.6 Å². The van der Waals surface area contributed by atoms with E-state index < -0.39 is 0 Å². The van der Waals surface area contributed by atoms with E-state index in [9.17, 15) is 0 Å². The summed E-state index contributed by atoms with van der Waals surface area (Å²) in [7, 11) is 0. The molecular weight excluding hydrogens is 198 g/mol. The van der Waals surface area contributed by atoms with Crippen LogP contribution in [0.2, 0.25) is 0 Å². The molecular formula is C14H21NO. The van der Waals surface area contributed by atoms with Gasteiger partial charge in [-0.3, -0.25) is 0 Å². The lowest BCUT2D eigenvalue weighted by Crippen LogP contribution is -2.41. The van der Waals surface area contributed by atoms with Crippen LogP contribution in [0.3, 0.4) is 0 Å². The SMILES string of the molecule is CCC1=CC(OC2CC(N)C2)=CC=C[C@@H]1C. The molecule has 1 saturated carbocycles. The first-order valence-electron chi connectivity index (χ1n) is 6.20. The minimum absolute atomic E-state index is 0.331. The molecule has 0 unspecified atom stereocenters. The van der Waals surface area contributed by atoms with E-state index in [1.54, 1.807) is 0 Å². The summed E-state index contributed by atoms with van der Waals surface area (Å²) in [5.74, 6) is 1.51. The highest BCUT2D eigenvalue weighted by Gasteiger charge is 2.28. The third-order valence-electron chi connectivity index (χ3n) is 3.42. The second kappa shape index (κ2) is 4.88. The van der Waals surface area contributed by atoms with Gasteiger partial charge in [0.1, 0.15) is 11.9 Å². The Morgan fingerprint density at radius 2 is 2.19 bits per heavy atom. The van der Waals surface area contributed by atoms with E-state index in [1.165, 1.54) is 5.57 Å². The summed E-state index contributed by atoms with van der Waals surface area (Å²) < 4.78 is 5.91. The van der Waals surface area contributed by atoms with Crippen molar-refractivity contribution in [3.8, 4) is 0 Å². The zero-order chi connectivity index (χ0) is 11.5. The average molecular weight is 219 g/mol. The van der Waals surface area contributed by atoms with Crippen LogP contribution >= 0.6 is 0 Å². The molecule has 0 aliphatic heterocycles. The molecule has 16 heavy (non-hydrogen) atoms. The Morgan fingerprint density at radius 1 is 1.44 bits per heavy atom. The fourth-order valence-electron chi connectivity index (χ4n) is 2.20. The molecule has 2 N–H and O–H groups in total. The third-order valence-corrected chi connectivity index (χ3v) is 3.42. The maximum absolute atomic E-state index is 5.91. The van der Waals surface area contributed by atoms with Crippen LogP contribution in [0.25, 0.3) is 0 Å². The zero-order valence-corrected chi connectivity index (χ0v) is 10.1. The van der Waals surface area contributed by atoms with Crippen LogP contribution in [0.4, 0.5) is 0 Å². The monoisotopic (exact) mass is 219 g/mol. The van der Waals surface area contributed by atoms with Crippen LogP contribution in [0.5, 0.6) is 0 Å². The molecule has 2 heteroatoms. The second-order valence-corrected chi connectivity index (χ2v) is 4.79. The molecule has 0 amide bonds. The lowest BCUT2D eigenvalue weighted by molar-refractivity contribution is 0.0445. The maximum Gasteiger partial charge on any atom is 0.119 e. The van der Waals surface area contributed by atoms with Crippen molar-refractivity contribution < 1.29 is 4.74 Å². The minimum Gasteiger partial charge on any atom is -0.490 e. The van der Waals surface area contributed by atoms with Crippen molar-refractivity contribution in [2.45, 2.75) is 45.3 Å². The highest BCUT2D eigenvalue weighted by atomic mass is 16.5. The molecule has 88 valence electrons. The number of rotatable bonds is 3. The Hall–Kier alpha value is -1.02. The van der Waals surface area contributed by atoms with Gasteiger partial charge in [-0.25, -0.2) is 0 Å². The molecule has 0 bridgehead atoms. The predicted molar refractivity (Wildman–Crippen MR) is 66.8 cm³/mol. The standard InChI is InChI=1S/C14H21NO/c1-3-11-7-13(6-4-5-10(11)2)16-14-8-12(15)9-14/h4-7,10,12,14H,3,8-9,15H2,1-2H3/t10-,12?,14?/m0/s1. The van der Waals surface area contributed by atoms with Gasteiger partial charge in [0, 0.05) is 6.04 Å². The molecule has 0 aromatic heterocycles. The average Bonchev–Trinajstić information content (AvgIpc) is 2.38. The molecule has 0 saturated heterocycles. The Labute approximate surface area is 97.9 Å². The van der Waals surface area contributed by atoms with Crippen LogP contribution in [0, 0.1) is 5.92 Å². The Kier molecular flexibility index (Phi) is 3.49. The van der Waals surface area contributed by atoms with Gasteiger partial charge in [0.25, 0.3) is 0 Å². The first kappa shape index (κ1) is 11.5. The van der Waals surface area contributed by atoms with Gasteiger partial charge in [-0.15, -0.1) is 0 Å². The highest BCUT2D eigenvalue weighted by Crippen LogP contribution is 2.27. The molecule has 1 fully saturated rings. The number of ether oxygens (including phenoxy) is 1. The summed E-state index contributed by atoms with van der Waals surface area (Å²) in [6.45, 7) is 4.42. The first-order chi connectivity index (χ1) is 7.69. The van der Waals surface area contributed by atoms with Crippen molar-refractivity contribution >= 4 is 0 Å². The fraction of sp³-hybridized carbons (Fsp3) is 0.571. The third kappa shape index (κ3) is 2.56. The highest BCUT2D eigenvalue weighted by molar-refractivity contribution is 5.30. The predicted octanol–water partition coefficient (Wildman–Crippen LogP) is 2.92. The van der Waals surface area contributed by atoms with E-state index in [4.69, 9.17) is 10.5 Å². The number of hydrogen-bond donors (Lipinski definition) is 1. The lowest BCUT2D eigenvalue weighted by atomic mass is 9.90. The van der Waals surface area contributed by atoms with Crippen molar-refractivity contribution in [3.05, 3.63) is 35.6 Å². The summed E-state index contributed by atoms with van der Waals surface area (Å²) >= 11 is 0. The van der Waals surface area contributed by atoms with E-state index in [0.29, 0.717) is 18.1 Å². The van der Waals surface area contributed by atoms with Gasteiger partial charge in [0.2, 0.25) is 0 Å². The topological polar surface area (TPSA) is 35.2 Å². The smallest absolute Gasteiger partial charge is 0.119 e. The molecule has 0 aromatic rings. The van der Waals surface area contributed by atoms with Gasteiger partial charge < -0.3 is 10.5 Å². The Balaban J connectivity index is 2.00. The van der Waals surface area contributed by atoms with Crippen LogP contribution < -0.4 is 5.73 Å². The molecule has 0 spiro atoms. The Bertz CT molecular complexity index is 335. The normalized spacial score (nSPS) is 33.6. The maximum atomic E-state index is 5.91. The van der Waals surface area contributed by atoms with Crippen LogP contribution in [-0.4, -0.2) is 12.1 Å².